The summed E-state index contributed by atoms with van der Waals surface area (Å²) in [7, 11) is 1.63. The summed E-state index contributed by atoms with van der Waals surface area (Å²) in [6, 6.07) is 26.0. The van der Waals surface area contributed by atoms with Gasteiger partial charge in [-0.05, 0) is 48.2 Å². The number of nitrogens with zero attached hydrogens (tertiary/aromatic N) is 3. The molecule has 1 aliphatic heterocycles. The van der Waals surface area contributed by atoms with E-state index in [0.29, 0.717) is 29.0 Å². The van der Waals surface area contributed by atoms with Crippen LogP contribution < -0.4 is 10.1 Å². The van der Waals surface area contributed by atoms with E-state index in [9.17, 15) is 4.79 Å². The van der Waals surface area contributed by atoms with Gasteiger partial charge in [0.2, 0.25) is 11.1 Å². The van der Waals surface area contributed by atoms with E-state index in [0.717, 1.165) is 17.1 Å². The van der Waals surface area contributed by atoms with E-state index in [2.05, 4.69) is 41.7 Å². The van der Waals surface area contributed by atoms with Crippen molar-refractivity contribution in [1.82, 2.24) is 14.8 Å². The molecule has 0 saturated carbocycles. The van der Waals surface area contributed by atoms with Gasteiger partial charge in [0.05, 0.1) is 19.3 Å². The maximum atomic E-state index is 13.0. The number of hydrogen-bond acceptors (Lipinski definition) is 7. The van der Waals surface area contributed by atoms with Crippen LogP contribution in [0.3, 0.4) is 0 Å². The second-order valence-electron chi connectivity index (χ2n) is 8.57. The normalized spacial score (nSPS) is 14.6. The average Bonchev–Trinajstić information content (AvgIpc) is 3.34. The highest BCUT2D eigenvalue weighted by atomic mass is 32.2. The van der Waals surface area contributed by atoms with Gasteiger partial charge >= 0.3 is 5.97 Å². The van der Waals surface area contributed by atoms with E-state index in [-0.39, 0.29) is 5.97 Å². The van der Waals surface area contributed by atoms with Crippen LogP contribution in [0, 0.1) is 0 Å². The standard InChI is InChI=1S/C29H28N4O3S/c1-4-36-27(34)25-19(2)30-28-31-29(32-33(28)26(25)23-14-16-24(35-3)17-15-23)37-18-20-10-12-22(13-11-20)21-8-6-5-7-9-21/h5-17,26H,4,18H2,1-3H3,(H,30,31,32). The molecule has 0 amide bonds. The Hall–Kier alpha value is -4.04. The number of esters is 1. The Morgan fingerprint density at radius 1 is 1.00 bits per heavy atom. The number of rotatable bonds is 8. The zero-order chi connectivity index (χ0) is 25.8. The zero-order valence-corrected chi connectivity index (χ0v) is 21.8. The fraction of sp³-hybridized carbons (Fsp3) is 0.207. The van der Waals surface area contributed by atoms with E-state index in [1.165, 1.54) is 16.7 Å². The van der Waals surface area contributed by atoms with Gasteiger partial charge in [0.15, 0.2) is 0 Å². The Labute approximate surface area is 220 Å². The van der Waals surface area contributed by atoms with Crippen LogP contribution in [-0.4, -0.2) is 34.5 Å². The number of ether oxygens (including phenoxy) is 2. The SMILES string of the molecule is CCOC(=O)C1=C(C)Nc2nc(SCc3ccc(-c4ccccc4)cc3)nn2C1c1ccc(OC)cc1. The molecule has 1 unspecified atom stereocenters. The molecular formula is C29H28N4O3S. The molecule has 5 rings (SSSR count). The van der Waals surface area contributed by atoms with Gasteiger partial charge in [-0.3, -0.25) is 0 Å². The van der Waals surface area contributed by atoms with Crippen molar-refractivity contribution in [2.45, 2.75) is 30.8 Å². The second kappa shape index (κ2) is 10.9. The number of hydrogen-bond donors (Lipinski definition) is 1. The Kier molecular flexibility index (Phi) is 7.28. The van der Waals surface area contributed by atoms with Gasteiger partial charge in [-0.2, -0.15) is 4.98 Å². The van der Waals surface area contributed by atoms with Crippen LogP contribution in [0.5, 0.6) is 5.75 Å². The van der Waals surface area contributed by atoms with Crippen LogP contribution in [-0.2, 0) is 15.3 Å². The maximum absolute atomic E-state index is 13.0. The van der Waals surface area contributed by atoms with Crippen LogP contribution in [0.4, 0.5) is 5.95 Å². The number of methoxy groups -OCH3 is 1. The highest BCUT2D eigenvalue weighted by Crippen LogP contribution is 2.37. The molecule has 2 heterocycles. The van der Waals surface area contributed by atoms with Gasteiger partial charge in [0.25, 0.3) is 0 Å². The quantitative estimate of drug-likeness (QED) is 0.226. The fourth-order valence-electron chi connectivity index (χ4n) is 4.33. The van der Waals surface area contributed by atoms with Gasteiger partial charge in [-0.25, -0.2) is 9.48 Å². The number of nitrogens with one attached hydrogen (secondary N) is 1. The molecule has 4 aromatic rings. The minimum absolute atomic E-state index is 0.291. The van der Waals surface area contributed by atoms with E-state index < -0.39 is 6.04 Å². The number of thioether (sulfide) groups is 1. The molecule has 1 aromatic heterocycles. The first-order valence-corrected chi connectivity index (χ1v) is 13.1. The van der Waals surface area contributed by atoms with Crippen molar-refractivity contribution in [3.05, 3.63) is 101 Å². The zero-order valence-electron chi connectivity index (χ0n) is 21.0. The van der Waals surface area contributed by atoms with Crippen molar-refractivity contribution in [3.8, 4) is 16.9 Å². The lowest BCUT2D eigenvalue weighted by Gasteiger charge is -2.28. The third-order valence-electron chi connectivity index (χ3n) is 6.19. The number of anilines is 1. The average molecular weight is 513 g/mol. The van der Waals surface area contributed by atoms with Crippen molar-refractivity contribution in [2.24, 2.45) is 0 Å². The lowest BCUT2D eigenvalue weighted by atomic mass is 9.96. The monoisotopic (exact) mass is 512 g/mol. The minimum Gasteiger partial charge on any atom is -0.497 e. The summed E-state index contributed by atoms with van der Waals surface area (Å²) in [5.74, 6) is 1.68. The summed E-state index contributed by atoms with van der Waals surface area (Å²) in [5.41, 5.74) is 5.66. The molecule has 8 heteroatoms. The molecule has 3 aromatic carbocycles. The predicted molar refractivity (Wildman–Crippen MR) is 146 cm³/mol. The van der Waals surface area contributed by atoms with Crippen LogP contribution in [0.15, 0.2) is 95.3 Å². The van der Waals surface area contributed by atoms with Gasteiger partial charge in [0.1, 0.15) is 11.8 Å². The van der Waals surface area contributed by atoms with E-state index in [1.54, 1.807) is 30.5 Å². The van der Waals surface area contributed by atoms with Crippen molar-refractivity contribution >= 4 is 23.7 Å². The molecule has 1 N–H and O–H groups in total. The fourth-order valence-corrected chi connectivity index (χ4v) is 5.12. The third kappa shape index (κ3) is 5.24. The molecule has 0 radical (unpaired) electrons. The smallest absolute Gasteiger partial charge is 0.338 e. The van der Waals surface area contributed by atoms with Crippen LogP contribution in [0.2, 0.25) is 0 Å². The molecule has 188 valence electrons. The molecule has 37 heavy (non-hydrogen) atoms. The Balaban J connectivity index is 1.39. The summed E-state index contributed by atoms with van der Waals surface area (Å²) in [6.45, 7) is 3.95. The topological polar surface area (TPSA) is 78.3 Å². The molecule has 1 aliphatic rings. The lowest BCUT2D eigenvalue weighted by Crippen LogP contribution is -2.29. The van der Waals surface area contributed by atoms with Gasteiger partial charge in [0, 0.05) is 11.4 Å². The van der Waals surface area contributed by atoms with E-state index in [4.69, 9.17) is 19.6 Å². The maximum Gasteiger partial charge on any atom is 0.338 e. The summed E-state index contributed by atoms with van der Waals surface area (Å²) in [4.78, 5) is 17.7. The third-order valence-corrected chi connectivity index (χ3v) is 7.10. The van der Waals surface area contributed by atoms with Crippen molar-refractivity contribution in [1.29, 1.82) is 0 Å². The van der Waals surface area contributed by atoms with Gasteiger partial charge < -0.3 is 14.8 Å². The minimum atomic E-state index is -0.465. The Morgan fingerprint density at radius 2 is 1.70 bits per heavy atom. The lowest BCUT2D eigenvalue weighted by molar-refractivity contribution is -0.139. The predicted octanol–water partition coefficient (Wildman–Crippen LogP) is 6.10. The van der Waals surface area contributed by atoms with E-state index in [1.807, 2.05) is 49.4 Å². The Morgan fingerprint density at radius 3 is 2.38 bits per heavy atom. The van der Waals surface area contributed by atoms with Crippen molar-refractivity contribution < 1.29 is 14.3 Å². The number of allylic oxidation sites excluding steroid dienone is 1. The highest BCUT2D eigenvalue weighted by molar-refractivity contribution is 7.98. The van der Waals surface area contributed by atoms with Gasteiger partial charge in [-0.1, -0.05) is 78.5 Å². The highest BCUT2D eigenvalue weighted by Gasteiger charge is 2.35. The van der Waals surface area contributed by atoms with Crippen LogP contribution in [0.25, 0.3) is 11.1 Å². The number of carbonyl (C=O) groups excluding carboxylic acids is 1. The molecule has 0 bridgehead atoms. The number of aromatic nitrogens is 3. The molecule has 7 nitrogen and oxygen atoms in total. The molecule has 0 saturated heterocycles. The number of benzene rings is 3. The summed E-state index contributed by atoms with van der Waals surface area (Å²) >= 11 is 1.56. The summed E-state index contributed by atoms with van der Waals surface area (Å²) < 4.78 is 12.5. The largest absolute Gasteiger partial charge is 0.497 e. The summed E-state index contributed by atoms with van der Waals surface area (Å²) in [6.07, 6.45) is 0. The number of fused-ring (bicyclic) bond motifs is 1. The van der Waals surface area contributed by atoms with E-state index >= 15 is 0 Å². The van der Waals surface area contributed by atoms with Crippen molar-refractivity contribution in [3.63, 3.8) is 0 Å². The first kappa shape index (κ1) is 24.6. The van der Waals surface area contributed by atoms with Crippen LogP contribution >= 0.6 is 11.8 Å². The number of carbonyl (C=O) groups is 1. The molecule has 0 spiro atoms. The van der Waals surface area contributed by atoms with Gasteiger partial charge in [-0.15, -0.1) is 5.10 Å². The molecule has 1 atom stereocenters. The molecular weight excluding hydrogens is 484 g/mol. The van der Waals surface area contributed by atoms with Crippen molar-refractivity contribution in [2.75, 3.05) is 19.0 Å². The first-order chi connectivity index (χ1) is 18.1. The first-order valence-electron chi connectivity index (χ1n) is 12.1. The van der Waals surface area contributed by atoms with Crippen LogP contribution in [0.1, 0.15) is 31.0 Å². The molecule has 0 fully saturated rings. The second-order valence-corrected chi connectivity index (χ2v) is 9.52. The summed E-state index contributed by atoms with van der Waals surface area (Å²) in [5, 5.41) is 8.67. The Bertz CT molecular complexity index is 1410. The molecule has 0 aliphatic carbocycles.